The van der Waals surface area contributed by atoms with E-state index in [0.29, 0.717) is 6.61 Å². The fourth-order valence-electron chi connectivity index (χ4n) is 2.99. The van der Waals surface area contributed by atoms with Gasteiger partial charge in [0.2, 0.25) is 0 Å². The molecule has 1 saturated heterocycles. The first-order valence-electron chi connectivity index (χ1n) is 7.74. The number of thioether (sulfide) groups is 1. The lowest BCUT2D eigenvalue weighted by Gasteiger charge is -2.39. The summed E-state index contributed by atoms with van der Waals surface area (Å²) in [5, 5.41) is -0.140. The molecule has 1 heterocycles. The molecule has 5 heteroatoms. The van der Waals surface area contributed by atoms with Gasteiger partial charge in [-0.3, -0.25) is 14.5 Å². The summed E-state index contributed by atoms with van der Waals surface area (Å²) in [7, 11) is 0. The Labute approximate surface area is 142 Å². The maximum Gasteiger partial charge on any atom is 0.285 e. The molecule has 0 aliphatic carbocycles. The number of ketones is 1. The highest BCUT2D eigenvalue weighted by Crippen LogP contribution is 2.44. The van der Waals surface area contributed by atoms with Gasteiger partial charge in [-0.2, -0.15) is 0 Å². The van der Waals surface area contributed by atoms with Crippen LogP contribution in [0.25, 0.3) is 0 Å². The summed E-state index contributed by atoms with van der Waals surface area (Å²) >= 11 is 1.07. The van der Waals surface area contributed by atoms with E-state index in [0.717, 1.165) is 17.3 Å². The highest BCUT2D eigenvalue weighted by atomic mass is 32.2. The van der Waals surface area contributed by atoms with Crippen molar-refractivity contribution >= 4 is 22.8 Å². The second-order valence-electron chi connectivity index (χ2n) is 7.21. The molecule has 1 aliphatic heterocycles. The maximum absolute atomic E-state index is 13.0. The standard InChI is InChI=1S/C18H25NO3S/c1-13(20)18(6,14-10-8-7-9-11-14)23-15(21)19-16(2,3)12-22-17(19,4)5/h7-11H,12H2,1-6H3/t18-/m0/s1. The molecule has 0 radical (unpaired) electrons. The Morgan fingerprint density at radius 3 is 2.17 bits per heavy atom. The molecule has 1 aromatic carbocycles. The number of hydrogen-bond donors (Lipinski definition) is 0. The minimum atomic E-state index is -0.910. The number of rotatable bonds is 3. The highest BCUT2D eigenvalue weighted by Gasteiger charge is 2.50. The normalized spacial score (nSPS) is 21.7. The van der Waals surface area contributed by atoms with Gasteiger partial charge in [-0.05, 0) is 58.9 Å². The molecular weight excluding hydrogens is 310 g/mol. The minimum absolute atomic E-state index is 0.0437. The summed E-state index contributed by atoms with van der Waals surface area (Å²) in [6.07, 6.45) is 0. The van der Waals surface area contributed by atoms with Crippen molar-refractivity contribution in [2.75, 3.05) is 6.61 Å². The van der Waals surface area contributed by atoms with Crippen LogP contribution in [0.3, 0.4) is 0 Å². The molecule has 126 valence electrons. The van der Waals surface area contributed by atoms with Crippen LogP contribution < -0.4 is 0 Å². The van der Waals surface area contributed by atoms with Gasteiger partial charge in [0.05, 0.1) is 12.1 Å². The first-order valence-corrected chi connectivity index (χ1v) is 8.56. The summed E-state index contributed by atoms with van der Waals surface area (Å²) in [6, 6.07) is 9.44. The van der Waals surface area contributed by atoms with E-state index in [2.05, 4.69) is 0 Å². The zero-order valence-corrected chi connectivity index (χ0v) is 15.5. The van der Waals surface area contributed by atoms with Crippen LogP contribution in [0.1, 0.15) is 47.1 Å². The lowest BCUT2D eigenvalue weighted by Crippen LogP contribution is -2.52. The number of Topliss-reactive ketones (excluding diaryl/α,β-unsaturated/α-hetero) is 1. The second kappa shape index (κ2) is 5.95. The summed E-state index contributed by atoms with van der Waals surface area (Å²) < 4.78 is 4.87. The van der Waals surface area contributed by atoms with Crippen molar-refractivity contribution < 1.29 is 14.3 Å². The number of carbonyl (C=O) groups excluding carboxylic acids is 2. The largest absolute Gasteiger partial charge is 0.354 e. The first kappa shape index (κ1) is 18.0. The Balaban J connectivity index is 2.35. The van der Waals surface area contributed by atoms with Gasteiger partial charge in [0.15, 0.2) is 5.78 Å². The maximum atomic E-state index is 13.0. The number of ether oxygens (including phenoxy) is 1. The Morgan fingerprint density at radius 1 is 1.17 bits per heavy atom. The molecule has 1 atom stereocenters. The quantitative estimate of drug-likeness (QED) is 0.831. The minimum Gasteiger partial charge on any atom is -0.354 e. The van der Waals surface area contributed by atoms with Crippen LogP contribution in [0.15, 0.2) is 30.3 Å². The van der Waals surface area contributed by atoms with E-state index in [1.165, 1.54) is 6.92 Å². The van der Waals surface area contributed by atoms with Gasteiger partial charge >= 0.3 is 0 Å². The molecule has 0 spiro atoms. The Kier molecular flexibility index (Phi) is 4.66. The van der Waals surface area contributed by atoms with Gasteiger partial charge in [-0.1, -0.05) is 30.3 Å². The van der Waals surface area contributed by atoms with E-state index in [1.807, 2.05) is 65.0 Å². The van der Waals surface area contributed by atoms with Crippen molar-refractivity contribution in [3.05, 3.63) is 35.9 Å². The van der Waals surface area contributed by atoms with Crippen molar-refractivity contribution in [2.24, 2.45) is 0 Å². The van der Waals surface area contributed by atoms with Crippen LogP contribution in [0, 0.1) is 0 Å². The summed E-state index contributed by atoms with van der Waals surface area (Å²) in [5.41, 5.74) is -0.245. The van der Waals surface area contributed by atoms with Crippen molar-refractivity contribution in [1.29, 1.82) is 0 Å². The molecule has 1 amide bonds. The fourth-order valence-corrected chi connectivity index (χ4v) is 4.29. The molecule has 4 nitrogen and oxygen atoms in total. The Bertz CT molecular complexity index is 596. The molecule has 0 saturated carbocycles. The molecule has 0 aromatic heterocycles. The van der Waals surface area contributed by atoms with Gasteiger partial charge < -0.3 is 4.74 Å². The number of amides is 1. The molecule has 1 aromatic rings. The lowest BCUT2D eigenvalue weighted by atomic mass is 9.96. The number of hydrogen-bond acceptors (Lipinski definition) is 4. The van der Waals surface area contributed by atoms with Crippen molar-refractivity contribution in [3.8, 4) is 0 Å². The van der Waals surface area contributed by atoms with E-state index in [4.69, 9.17) is 4.74 Å². The van der Waals surface area contributed by atoms with Crippen molar-refractivity contribution in [3.63, 3.8) is 0 Å². The number of carbonyl (C=O) groups is 2. The second-order valence-corrected chi connectivity index (χ2v) is 8.58. The average molecular weight is 335 g/mol. The first-order chi connectivity index (χ1) is 10.5. The zero-order valence-electron chi connectivity index (χ0n) is 14.7. The smallest absolute Gasteiger partial charge is 0.285 e. The third kappa shape index (κ3) is 3.31. The van der Waals surface area contributed by atoms with E-state index in [1.54, 1.807) is 4.90 Å². The van der Waals surface area contributed by atoms with Gasteiger partial charge in [0, 0.05) is 0 Å². The third-order valence-electron chi connectivity index (χ3n) is 4.39. The molecule has 1 fully saturated rings. The Morgan fingerprint density at radius 2 is 1.74 bits per heavy atom. The predicted octanol–water partition coefficient (Wildman–Crippen LogP) is 4.19. The van der Waals surface area contributed by atoms with E-state index >= 15 is 0 Å². The number of benzene rings is 1. The van der Waals surface area contributed by atoms with Gasteiger partial charge in [0.1, 0.15) is 10.5 Å². The summed E-state index contributed by atoms with van der Waals surface area (Å²) in [4.78, 5) is 27.1. The van der Waals surface area contributed by atoms with Gasteiger partial charge in [0.25, 0.3) is 5.24 Å². The monoisotopic (exact) mass is 335 g/mol. The molecule has 0 unspecified atom stereocenters. The SMILES string of the molecule is CC(=O)[C@](C)(SC(=O)N1C(C)(C)COC1(C)C)c1ccccc1. The highest BCUT2D eigenvalue weighted by molar-refractivity contribution is 8.14. The van der Waals surface area contributed by atoms with E-state index in [9.17, 15) is 9.59 Å². The van der Waals surface area contributed by atoms with Crippen LogP contribution in [0.4, 0.5) is 4.79 Å². The lowest BCUT2D eigenvalue weighted by molar-refractivity contribution is -0.119. The summed E-state index contributed by atoms with van der Waals surface area (Å²) in [5.74, 6) is -0.0437. The van der Waals surface area contributed by atoms with Crippen LogP contribution in [0.5, 0.6) is 0 Å². The topological polar surface area (TPSA) is 46.6 Å². The van der Waals surface area contributed by atoms with E-state index in [-0.39, 0.29) is 11.0 Å². The summed E-state index contributed by atoms with van der Waals surface area (Å²) in [6.45, 7) is 11.5. The van der Waals surface area contributed by atoms with Crippen LogP contribution in [0.2, 0.25) is 0 Å². The van der Waals surface area contributed by atoms with Crippen LogP contribution in [-0.4, -0.2) is 33.8 Å². The molecule has 1 aliphatic rings. The number of nitrogens with zero attached hydrogens (tertiary/aromatic N) is 1. The van der Waals surface area contributed by atoms with Crippen LogP contribution >= 0.6 is 11.8 Å². The average Bonchev–Trinajstić information content (AvgIpc) is 2.68. The van der Waals surface area contributed by atoms with Crippen LogP contribution in [-0.2, 0) is 14.3 Å². The van der Waals surface area contributed by atoms with E-state index < -0.39 is 16.0 Å². The van der Waals surface area contributed by atoms with Gasteiger partial charge in [-0.15, -0.1) is 0 Å². The van der Waals surface area contributed by atoms with Gasteiger partial charge in [-0.25, -0.2) is 0 Å². The Hall–Kier alpha value is -1.33. The third-order valence-corrected chi connectivity index (χ3v) is 5.68. The molecule has 0 N–H and O–H groups in total. The van der Waals surface area contributed by atoms with Crippen molar-refractivity contribution in [1.82, 2.24) is 4.90 Å². The van der Waals surface area contributed by atoms with Crippen molar-refractivity contribution in [2.45, 2.75) is 57.6 Å². The zero-order chi connectivity index (χ0) is 17.5. The molecule has 0 bridgehead atoms. The molecule has 2 rings (SSSR count). The molecular formula is C18H25NO3S. The fraction of sp³-hybridized carbons (Fsp3) is 0.556. The molecule has 23 heavy (non-hydrogen) atoms. The predicted molar refractivity (Wildman–Crippen MR) is 93.4 cm³/mol.